The van der Waals surface area contributed by atoms with Crippen molar-refractivity contribution in [2.24, 2.45) is 0 Å². The molecule has 4 heteroatoms. The van der Waals surface area contributed by atoms with Crippen LogP contribution in [0.5, 0.6) is 0 Å². The number of hydrogen-bond donors (Lipinski definition) is 0. The van der Waals surface area contributed by atoms with Crippen molar-refractivity contribution in [2.75, 3.05) is 0 Å². The van der Waals surface area contributed by atoms with Gasteiger partial charge in [0.15, 0.2) is 0 Å². The van der Waals surface area contributed by atoms with Gasteiger partial charge in [-0.2, -0.15) is 13.2 Å². The fourth-order valence-electron chi connectivity index (χ4n) is 1.08. The lowest BCUT2D eigenvalue weighted by Crippen LogP contribution is -2.08. The third-order valence-electron chi connectivity index (χ3n) is 1.72. The first kappa shape index (κ1) is 10.8. The van der Waals surface area contributed by atoms with E-state index in [4.69, 9.17) is 0 Å². The van der Waals surface area contributed by atoms with Crippen molar-refractivity contribution in [3.05, 3.63) is 47.8 Å². The van der Waals surface area contributed by atoms with E-state index < -0.39 is 17.6 Å². The fourth-order valence-corrected chi connectivity index (χ4v) is 1.08. The van der Waals surface area contributed by atoms with Crippen LogP contribution in [0.25, 0.3) is 0 Å². The molecule has 0 heterocycles. The Hall–Kier alpha value is -1.32. The highest BCUT2D eigenvalue weighted by atomic mass is 19.4. The highest BCUT2D eigenvalue weighted by molar-refractivity contribution is 5.27. The van der Waals surface area contributed by atoms with Crippen molar-refractivity contribution >= 4 is 0 Å². The Morgan fingerprint density at radius 2 is 1.93 bits per heavy atom. The minimum atomic E-state index is -4.63. The van der Waals surface area contributed by atoms with Crippen LogP contribution in [0.3, 0.4) is 0 Å². The molecule has 0 aliphatic rings. The van der Waals surface area contributed by atoms with Crippen LogP contribution in [0.15, 0.2) is 30.9 Å². The quantitative estimate of drug-likeness (QED) is 0.510. The fraction of sp³-hybridized carbons (Fsp3) is 0.200. The van der Waals surface area contributed by atoms with Crippen LogP contribution in [0, 0.1) is 5.82 Å². The van der Waals surface area contributed by atoms with Gasteiger partial charge in [-0.1, -0.05) is 12.1 Å². The van der Waals surface area contributed by atoms with Crippen molar-refractivity contribution < 1.29 is 17.6 Å². The molecular weight excluding hydrogens is 196 g/mol. The summed E-state index contributed by atoms with van der Waals surface area (Å²) in [7, 11) is 0. The maximum atomic E-state index is 12.9. The van der Waals surface area contributed by atoms with Gasteiger partial charge in [0.25, 0.3) is 0 Å². The first-order valence-corrected chi connectivity index (χ1v) is 3.91. The van der Waals surface area contributed by atoms with Gasteiger partial charge >= 0.3 is 6.18 Å². The average molecular weight is 204 g/mol. The molecule has 0 aliphatic carbocycles. The Balaban J connectivity index is 3.07. The van der Waals surface area contributed by atoms with E-state index in [9.17, 15) is 17.6 Å². The van der Waals surface area contributed by atoms with E-state index in [1.807, 2.05) is 0 Å². The van der Waals surface area contributed by atoms with Gasteiger partial charge in [-0.25, -0.2) is 4.39 Å². The molecule has 0 amide bonds. The number of allylic oxidation sites excluding steroid dienone is 1. The molecule has 0 saturated carbocycles. The van der Waals surface area contributed by atoms with Gasteiger partial charge in [-0.05, 0) is 24.1 Å². The van der Waals surface area contributed by atoms with Crippen molar-refractivity contribution in [3.8, 4) is 0 Å². The molecule has 0 saturated heterocycles. The summed E-state index contributed by atoms with van der Waals surface area (Å²) in [5.74, 6) is -1.24. The molecule has 0 unspecified atom stereocenters. The maximum Gasteiger partial charge on any atom is 0.419 e. The summed E-state index contributed by atoms with van der Waals surface area (Å²) in [4.78, 5) is 0. The molecule has 0 N–H and O–H groups in total. The summed E-state index contributed by atoms with van der Waals surface area (Å²) in [5, 5.41) is 0. The molecule has 0 atom stereocenters. The second-order valence-electron chi connectivity index (χ2n) is 2.80. The minimum Gasteiger partial charge on any atom is -0.206 e. The van der Waals surface area contributed by atoms with Crippen LogP contribution >= 0.6 is 0 Å². The summed E-state index contributed by atoms with van der Waals surface area (Å²) in [6.07, 6.45) is -2.77. The second-order valence-corrected chi connectivity index (χ2v) is 2.80. The van der Waals surface area contributed by atoms with Crippen LogP contribution in [0.2, 0.25) is 0 Å². The second kappa shape index (κ2) is 3.82. The maximum absolute atomic E-state index is 12.9. The number of benzene rings is 1. The Labute approximate surface area is 78.9 Å². The van der Waals surface area contributed by atoms with Crippen LogP contribution in [-0.2, 0) is 12.6 Å². The number of hydrogen-bond acceptors (Lipinski definition) is 0. The third kappa shape index (κ3) is 2.34. The summed E-state index contributed by atoms with van der Waals surface area (Å²) in [5.41, 5.74) is -0.754. The van der Waals surface area contributed by atoms with Gasteiger partial charge in [0.1, 0.15) is 5.82 Å². The molecule has 1 rings (SSSR count). The Kier molecular flexibility index (Phi) is 2.93. The van der Waals surface area contributed by atoms with Crippen LogP contribution < -0.4 is 0 Å². The topological polar surface area (TPSA) is 0 Å². The van der Waals surface area contributed by atoms with E-state index in [1.165, 1.54) is 12.1 Å². The van der Waals surface area contributed by atoms with Crippen molar-refractivity contribution in [1.82, 2.24) is 0 Å². The summed E-state index contributed by atoms with van der Waals surface area (Å²) in [6.45, 7) is 3.41. The van der Waals surface area contributed by atoms with Crippen molar-refractivity contribution in [2.45, 2.75) is 12.6 Å². The minimum absolute atomic E-state index is 0.356. The van der Waals surface area contributed by atoms with Gasteiger partial charge in [0, 0.05) is 0 Å². The molecular formula is C10H8F4. The highest BCUT2D eigenvalue weighted by Crippen LogP contribution is 2.31. The molecule has 0 aromatic heterocycles. The lowest BCUT2D eigenvalue weighted by Gasteiger charge is -2.08. The lowest BCUT2D eigenvalue weighted by atomic mass is 10.1. The number of alkyl halides is 3. The largest absolute Gasteiger partial charge is 0.419 e. The first-order chi connectivity index (χ1) is 6.45. The zero-order valence-electron chi connectivity index (χ0n) is 7.24. The van der Waals surface area contributed by atoms with E-state index >= 15 is 0 Å². The van der Waals surface area contributed by atoms with Gasteiger partial charge in [-0.3, -0.25) is 0 Å². The number of halogens is 4. The van der Waals surface area contributed by atoms with E-state index in [0.717, 1.165) is 12.1 Å². The monoisotopic (exact) mass is 204 g/mol. The molecule has 0 nitrogen and oxygen atoms in total. The zero-order valence-corrected chi connectivity index (χ0v) is 7.24. The Morgan fingerprint density at radius 1 is 1.29 bits per heavy atom. The predicted molar refractivity (Wildman–Crippen MR) is 45.3 cm³/mol. The van der Waals surface area contributed by atoms with Crippen LogP contribution in [-0.4, -0.2) is 0 Å². The average Bonchev–Trinajstić information content (AvgIpc) is 2.02. The van der Waals surface area contributed by atoms with E-state index in [0.29, 0.717) is 12.0 Å². The summed E-state index contributed by atoms with van der Waals surface area (Å²) < 4.78 is 49.2. The van der Waals surface area contributed by atoms with Gasteiger partial charge in [-0.15, -0.1) is 6.58 Å². The normalized spacial score (nSPS) is 11.4. The van der Waals surface area contributed by atoms with Gasteiger partial charge < -0.3 is 0 Å². The van der Waals surface area contributed by atoms with Crippen LogP contribution in [0.4, 0.5) is 17.6 Å². The molecule has 0 fully saturated rings. The van der Waals surface area contributed by atoms with Crippen molar-refractivity contribution in [3.63, 3.8) is 0 Å². The SMILES string of the molecule is C=CCc1ccc(C(F)(F)F)c(F)c1. The van der Waals surface area contributed by atoms with E-state index in [-0.39, 0.29) is 0 Å². The molecule has 1 aromatic rings. The molecule has 0 spiro atoms. The zero-order chi connectivity index (χ0) is 10.8. The van der Waals surface area contributed by atoms with Gasteiger partial charge in [0.2, 0.25) is 0 Å². The van der Waals surface area contributed by atoms with Crippen LogP contribution in [0.1, 0.15) is 11.1 Å². The molecule has 76 valence electrons. The Morgan fingerprint density at radius 3 is 2.36 bits per heavy atom. The predicted octanol–water partition coefficient (Wildman–Crippen LogP) is 3.57. The first-order valence-electron chi connectivity index (χ1n) is 3.91. The lowest BCUT2D eigenvalue weighted by molar-refractivity contribution is -0.140. The molecule has 0 bridgehead atoms. The standard InChI is InChI=1S/C10H8F4/c1-2-3-7-4-5-8(9(11)6-7)10(12,13)14/h2,4-6H,1,3H2. The summed E-state index contributed by atoms with van der Waals surface area (Å²) >= 11 is 0. The highest BCUT2D eigenvalue weighted by Gasteiger charge is 2.33. The molecule has 0 radical (unpaired) electrons. The smallest absolute Gasteiger partial charge is 0.206 e. The van der Waals surface area contributed by atoms with Crippen molar-refractivity contribution in [1.29, 1.82) is 0 Å². The molecule has 0 aliphatic heterocycles. The molecule has 14 heavy (non-hydrogen) atoms. The van der Waals surface area contributed by atoms with Gasteiger partial charge in [0.05, 0.1) is 5.56 Å². The van der Waals surface area contributed by atoms with E-state index in [1.54, 1.807) is 0 Å². The molecule has 1 aromatic carbocycles. The third-order valence-corrected chi connectivity index (χ3v) is 1.72. The van der Waals surface area contributed by atoms with E-state index in [2.05, 4.69) is 6.58 Å². The summed E-state index contributed by atoms with van der Waals surface area (Å²) in [6, 6.07) is 2.87. The Bertz CT molecular complexity index is 338. The number of rotatable bonds is 2.